The summed E-state index contributed by atoms with van der Waals surface area (Å²) in [5, 5.41) is 2.91. The lowest BCUT2D eigenvalue weighted by atomic mass is 9.54. The molecule has 2 atom stereocenters. The van der Waals surface area contributed by atoms with Gasteiger partial charge in [0.1, 0.15) is 21.2 Å². The van der Waals surface area contributed by atoms with Crippen LogP contribution in [-0.2, 0) is 24.1 Å². The number of nitrogens with one attached hydrogen (secondary N) is 1. The molecule has 1 heterocycles. The molecule has 8 heteroatoms. The van der Waals surface area contributed by atoms with Gasteiger partial charge in [-0.2, -0.15) is 0 Å². The van der Waals surface area contributed by atoms with Crippen LogP contribution in [0.1, 0.15) is 47.9 Å². The number of halogens is 2. The number of benzene rings is 4. The van der Waals surface area contributed by atoms with Crippen LogP contribution in [0.15, 0.2) is 103 Å². The molecule has 1 saturated heterocycles. The zero-order valence-electron chi connectivity index (χ0n) is 23.8. The van der Waals surface area contributed by atoms with Crippen molar-refractivity contribution in [3.63, 3.8) is 0 Å². The predicted octanol–water partition coefficient (Wildman–Crippen LogP) is 7.57. The van der Waals surface area contributed by atoms with Gasteiger partial charge < -0.3 is 10.1 Å². The van der Waals surface area contributed by atoms with E-state index in [1.54, 1.807) is 12.1 Å². The second-order valence-corrected chi connectivity index (χ2v) is 12.8. The number of unbranched alkanes of at least 4 members (excludes halogenated alkanes) is 2. The number of likely N-dealkylation sites (tertiary alicyclic amines) is 1. The first kappa shape index (κ1) is 28.6. The summed E-state index contributed by atoms with van der Waals surface area (Å²) in [6.45, 7) is 0.266. The Bertz CT molecular complexity index is 1640. The zero-order valence-corrected chi connectivity index (χ0v) is 25.4. The summed E-state index contributed by atoms with van der Waals surface area (Å²) in [6, 6.07) is 32.0. The highest BCUT2D eigenvalue weighted by atomic mass is 35.5. The van der Waals surface area contributed by atoms with Crippen molar-refractivity contribution in [3.05, 3.63) is 125 Å². The van der Waals surface area contributed by atoms with E-state index >= 15 is 0 Å². The van der Waals surface area contributed by atoms with Gasteiger partial charge in [-0.1, -0.05) is 73.2 Å². The van der Waals surface area contributed by atoms with Crippen LogP contribution < -0.4 is 10.1 Å². The molecule has 4 aliphatic rings. The van der Waals surface area contributed by atoms with Crippen LogP contribution in [0.4, 0.5) is 5.69 Å². The van der Waals surface area contributed by atoms with E-state index in [0.717, 1.165) is 28.0 Å². The molecule has 1 aliphatic heterocycles. The van der Waals surface area contributed by atoms with Crippen molar-refractivity contribution >= 4 is 46.6 Å². The summed E-state index contributed by atoms with van der Waals surface area (Å²) < 4.78 is 5.80. The summed E-state index contributed by atoms with van der Waals surface area (Å²) >= 11 is 14.9. The van der Waals surface area contributed by atoms with Gasteiger partial charge in [0.25, 0.3) is 0 Å². The number of rotatable bonds is 9. The predicted molar refractivity (Wildman–Crippen MR) is 170 cm³/mol. The minimum Gasteiger partial charge on any atom is -0.457 e. The normalized spacial score (nSPS) is 24.5. The molecule has 8 rings (SSSR count). The van der Waals surface area contributed by atoms with Crippen LogP contribution in [0.3, 0.4) is 0 Å². The Labute approximate surface area is 265 Å². The molecule has 0 spiro atoms. The summed E-state index contributed by atoms with van der Waals surface area (Å²) in [6.07, 6.45) is 2.22. The topological polar surface area (TPSA) is 75.7 Å². The Kier molecular flexibility index (Phi) is 7.22. The van der Waals surface area contributed by atoms with Crippen molar-refractivity contribution in [3.8, 4) is 11.5 Å². The molecular formula is C36H30Cl2N2O4. The molecule has 4 aromatic rings. The standard InChI is InChI=1S/C36H30Cl2N2O4/c37-35-26-13-6-7-14-27(26)36(38,29-16-9-8-15-28(29)35)32-31(35)33(42)40(34(32)43)22-10-2-5-17-30(41)39-23-18-20-25(21-19-23)44-24-11-3-1-4-12-24/h1,3-4,6-9,11-16,18-21,31-32H,2,5,10,17,22H2,(H,39,41)/t31-,32-,35?,36?/m0/s1. The summed E-state index contributed by atoms with van der Waals surface area (Å²) in [4.78, 5) is 39.4. The van der Waals surface area contributed by atoms with Gasteiger partial charge in [0.2, 0.25) is 17.7 Å². The second kappa shape index (κ2) is 11.1. The van der Waals surface area contributed by atoms with Crippen LogP contribution in [0, 0.1) is 11.8 Å². The van der Waals surface area contributed by atoms with Gasteiger partial charge in [-0.05, 0) is 71.5 Å². The van der Waals surface area contributed by atoms with Gasteiger partial charge in [0.15, 0.2) is 0 Å². The number of amides is 3. The highest BCUT2D eigenvalue weighted by Crippen LogP contribution is 2.69. The Morgan fingerprint density at radius 3 is 1.66 bits per heavy atom. The summed E-state index contributed by atoms with van der Waals surface area (Å²) in [5.41, 5.74) is 3.87. The molecule has 222 valence electrons. The van der Waals surface area contributed by atoms with Crippen LogP contribution in [0.5, 0.6) is 11.5 Å². The molecule has 3 aliphatic carbocycles. The van der Waals surface area contributed by atoms with Crippen molar-refractivity contribution in [1.82, 2.24) is 4.90 Å². The van der Waals surface area contributed by atoms with Crippen LogP contribution >= 0.6 is 23.2 Å². The van der Waals surface area contributed by atoms with Crippen molar-refractivity contribution in [2.24, 2.45) is 11.8 Å². The number of imide groups is 1. The molecule has 0 unspecified atom stereocenters. The first-order valence-electron chi connectivity index (χ1n) is 14.9. The largest absolute Gasteiger partial charge is 0.457 e. The number of para-hydroxylation sites is 1. The highest BCUT2D eigenvalue weighted by Gasteiger charge is 2.72. The summed E-state index contributed by atoms with van der Waals surface area (Å²) in [7, 11) is 0. The Morgan fingerprint density at radius 1 is 0.659 bits per heavy atom. The van der Waals surface area contributed by atoms with E-state index in [4.69, 9.17) is 27.9 Å². The Balaban J connectivity index is 0.962. The Hall–Kier alpha value is -4.13. The third kappa shape index (κ3) is 4.42. The lowest BCUT2D eigenvalue weighted by Gasteiger charge is -2.54. The van der Waals surface area contributed by atoms with E-state index in [9.17, 15) is 14.4 Å². The SMILES string of the molecule is O=C(CCCCCN1C(=O)[C@@H]2[C@@H](C1=O)C1(Cl)c3ccccc3C2(Cl)c2ccccc21)Nc1ccc(Oc2ccccc2)cc1. The van der Waals surface area contributed by atoms with Gasteiger partial charge >= 0.3 is 0 Å². The number of alkyl halides is 2. The maximum atomic E-state index is 13.9. The molecule has 0 aromatic heterocycles. The molecule has 44 heavy (non-hydrogen) atoms. The van der Waals surface area contributed by atoms with Crippen molar-refractivity contribution in [2.75, 3.05) is 11.9 Å². The first-order chi connectivity index (χ1) is 21.3. The number of carbonyl (C=O) groups is 3. The average Bonchev–Trinajstić information content (AvgIpc) is 3.31. The van der Waals surface area contributed by atoms with Crippen LogP contribution in [0.25, 0.3) is 0 Å². The lowest BCUT2D eigenvalue weighted by Crippen LogP contribution is -2.57. The van der Waals surface area contributed by atoms with Crippen molar-refractivity contribution < 1.29 is 19.1 Å². The fourth-order valence-corrected chi connectivity index (χ4v) is 8.23. The van der Waals surface area contributed by atoms with Crippen LogP contribution in [-0.4, -0.2) is 29.2 Å². The number of carbonyl (C=O) groups excluding carboxylic acids is 3. The van der Waals surface area contributed by atoms with E-state index in [2.05, 4.69) is 5.32 Å². The number of anilines is 1. The molecule has 0 saturated carbocycles. The van der Waals surface area contributed by atoms with E-state index in [0.29, 0.717) is 37.1 Å². The minimum atomic E-state index is -1.17. The molecule has 2 bridgehead atoms. The van der Waals surface area contributed by atoms with Gasteiger partial charge in [0, 0.05) is 18.7 Å². The molecule has 1 N–H and O–H groups in total. The number of nitrogens with zero attached hydrogens (tertiary/aromatic N) is 1. The van der Waals surface area contributed by atoms with Crippen LogP contribution in [0.2, 0.25) is 0 Å². The van der Waals surface area contributed by atoms with Gasteiger partial charge in [0.05, 0.1) is 11.8 Å². The highest BCUT2D eigenvalue weighted by molar-refractivity contribution is 6.36. The molecule has 3 amide bonds. The van der Waals surface area contributed by atoms with Gasteiger partial charge in [-0.15, -0.1) is 23.2 Å². The van der Waals surface area contributed by atoms with E-state index in [-0.39, 0.29) is 24.3 Å². The third-order valence-corrected chi connectivity index (χ3v) is 10.4. The zero-order chi connectivity index (χ0) is 30.5. The van der Waals surface area contributed by atoms with Crippen molar-refractivity contribution in [1.29, 1.82) is 0 Å². The molecule has 4 aromatic carbocycles. The lowest BCUT2D eigenvalue weighted by molar-refractivity contribution is -0.140. The van der Waals surface area contributed by atoms with E-state index in [1.165, 1.54) is 4.90 Å². The Morgan fingerprint density at radius 2 is 1.14 bits per heavy atom. The number of hydrogen-bond acceptors (Lipinski definition) is 4. The summed E-state index contributed by atoms with van der Waals surface area (Å²) in [5.74, 6) is -0.791. The fraction of sp³-hybridized carbons (Fsp3) is 0.250. The third-order valence-electron chi connectivity index (χ3n) is 9.08. The molecule has 0 radical (unpaired) electrons. The van der Waals surface area contributed by atoms with Gasteiger partial charge in [-0.25, -0.2) is 0 Å². The first-order valence-corrected chi connectivity index (χ1v) is 15.6. The smallest absolute Gasteiger partial charge is 0.235 e. The maximum absolute atomic E-state index is 13.9. The molecule has 1 fully saturated rings. The van der Waals surface area contributed by atoms with Gasteiger partial charge in [-0.3, -0.25) is 19.3 Å². The molecular weight excluding hydrogens is 595 g/mol. The van der Waals surface area contributed by atoms with E-state index in [1.807, 2.05) is 91.0 Å². The van der Waals surface area contributed by atoms with E-state index < -0.39 is 21.6 Å². The second-order valence-electron chi connectivity index (χ2n) is 11.6. The monoisotopic (exact) mass is 624 g/mol. The van der Waals surface area contributed by atoms with Crippen molar-refractivity contribution in [2.45, 2.75) is 35.4 Å². The average molecular weight is 626 g/mol. The quantitative estimate of drug-likeness (QED) is 0.118. The fourth-order valence-electron chi connectivity index (χ4n) is 7.13. The minimum absolute atomic E-state index is 0.0960. The number of hydrogen-bond donors (Lipinski definition) is 1. The number of ether oxygens (including phenoxy) is 1. The molecule has 6 nitrogen and oxygen atoms in total. The maximum Gasteiger partial charge on any atom is 0.235 e.